The predicted octanol–water partition coefficient (Wildman–Crippen LogP) is 2.04. The molecule has 1 N–H and O–H groups in total. The summed E-state index contributed by atoms with van der Waals surface area (Å²) in [4.78, 5) is 26.4. The van der Waals surface area contributed by atoms with E-state index in [1.165, 1.54) is 0 Å². The van der Waals surface area contributed by atoms with Gasteiger partial charge in [-0.05, 0) is 38.0 Å². The van der Waals surface area contributed by atoms with Crippen LogP contribution in [-0.2, 0) is 14.3 Å². The van der Waals surface area contributed by atoms with Gasteiger partial charge in [0, 0.05) is 32.2 Å². The van der Waals surface area contributed by atoms with Crippen LogP contribution in [0.4, 0.5) is 0 Å². The minimum absolute atomic E-state index is 0.00701. The lowest BCUT2D eigenvalue weighted by Gasteiger charge is -2.24. The van der Waals surface area contributed by atoms with Crippen LogP contribution in [0.25, 0.3) is 0 Å². The van der Waals surface area contributed by atoms with E-state index in [0.717, 1.165) is 25.7 Å². The third kappa shape index (κ3) is 5.20. The molecule has 0 aromatic rings. The highest BCUT2D eigenvalue weighted by Crippen LogP contribution is 2.31. The Morgan fingerprint density at radius 2 is 2.13 bits per heavy atom. The van der Waals surface area contributed by atoms with E-state index in [4.69, 9.17) is 4.74 Å². The summed E-state index contributed by atoms with van der Waals surface area (Å²) in [6.45, 7) is 9.29. The van der Waals surface area contributed by atoms with Crippen molar-refractivity contribution in [2.45, 2.75) is 50.6 Å². The zero-order chi connectivity index (χ0) is 16.7. The highest BCUT2D eigenvalue weighted by atomic mass is 16.5. The fraction of sp³-hybridized carbons (Fsp3) is 0.667. The van der Waals surface area contributed by atoms with Crippen LogP contribution in [0.15, 0.2) is 25.3 Å². The van der Waals surface area contributed by atoms with E-state index in [9.17, 15) is 9.59 Å². The fourth-order valence-electron chi connectivity index (χ4n) is 3.00. The number of nitrogens with one attached hydrogen (secondary N) is 1. The quantitative estimate of drug-likeness (QED) is 0.495. The first-order valence-corrected chi connectivity index (χ1v) is 8.58. The summed E-state index contributed by atoms with van der Waals surface area (Å²) in [6.07, 6.45) is 8.30. The first-order valence-electron chi connectivity index (χ1n) is 8.58. The second-order valence-electron chi connectivity index (χ2n) is 6.29. The molecule has 128 valence electrons. The highest BCUT2D eigenvalue weighted by Gasteiger charge is 2.40. The van der Waals surface area contributed by atoms with Crippen molar-refractivity contribution in [2.24, 2.45) is 5.92 Å². The summed E-state index contributed by atoms with van der Waals surface area (Å²) in [5.74, 6) is 0.454. The van der Waals surface area contributed by atoms with Crippen LogP contribution >= 0.6 is 0 Å². The van der Waals surface area contributed by atoms with Crippen molar-refractivity contribution in [1.82, 2.24) is 10.2 Å². The van der Waals surface area contributed by atoms with Gasteiger partial charge in [0.25, 0.3) is 0 Å². The van der Waals surface area contributed by atoms with E-state index in [1.54, 1.807) is 4.90 Å². The minimum Gasteiger partial charge on any atom is -0.381 e. The van der Waals surface area contributed by atoms with Crippen molar-refractivity contribution >= 4 is 11.8 Å². The molecule has 5 heteroatoms. The number of carbonyl (C=O) groups excluding carboxylic acids is 2. The average molecular weight is 320 g/mol. The zero-order valence-corrected chi connectivity index (χ0v) is 13.8. The molecule has 3 atom stereocenters. The summed E-state index contributed by atoms with van der Waals surface area (Å²) in [7, 11) is 0. The SMILES string of the molecule is C=CCCOCCCC(=O)N1CCCC1C(=O)NC1C[C@H]1C=C. The van der Waals surface area contributed by atoms with E-state index in [1.807, 2.05) is 12.2 Å². The predicted molar refractivity (Wildman–Crippen MR) is 89.8 cm³/mol. The number of amides is 2. The van der Waals surface area contributed by atoms with Crippen LogP contribution in [-0.4, -0.2) is 48.6 Å². The topological polar surface area (TPSA) is 58.6 Å². The van der Waals surface area contributed by atoms with Crippen molar-refractivity contribution in [2.75, 3.05) is 19.8 Å². The normalized spacial score (nSPS) is 25.9. The van der Waals surface area contributed by atoms with Gasteiger partial charge in [-0.3, -0.25) is 9.59 Å². The maximum atomic E-state index is 12.3. The maximum Gasteiger partial charge on any atom is 0.243 e. The molecule has 1 aliphatic heterocycles. The number of ether oxygens (including phenoxy) is 1. The molecule has 1 aliphatic carbocycles. The van der Waals surface area contributed by atoms with Crippen LogP contribution in [0.3, 0.4) is 0 Å². The monoisotopic (exact) mass is 320 g/mol. The lowest BCUT2D eigenvalue weighted by molar-refractivity contribution is -0.138. The van der Waals surface area contributed by atoms with Gasteiger partial charge in [-0.1, -0.05) is 12.2 Å². The van der Waals surface area contributed by atoms with Gasteiger partial charge in [-0.15, -0.1) is 13.2 Å². The Balaban J connectivity index is 1.70. The Hall–Kier alpha value is -1.62. The number of carbonyl (C=O) groups is 2. The summed E-state index contributed by atoms with van der Waals surface area (Å²) >= 11 is 0. The molecule has 5 nitrogen and oxygen atoms in total. The second kappa shape index (κ2) is 8.87. The largest absolute Gasteiger partial charge is 0.381 e. The van der Waals surface area contributed by atoms with Crippen LogP contribution in [0.2, 0.25) is 0 Å². The number of hydrogen-bond acceptors (Lipinski definition) is 3. The van der Waals surface area contributed by atoms with Gasteiger partial charge in [0.2, 0.25) is 11.8 Å². The minimum atomic E-state index is -0.296. The van der Waals surface area contributed by atoms with Crippen molar-refractivity contribution in [3.8, 4) is 0 Å². The molecule has 2 aliphatic rings. The number of rotatable bonds is 10. The summed E-state index contributed by atoms with van der Waals surface area (Å²) < 4.78 is 5.42. The Labute approximate surface area is 138 Å². The van der Waals surface area contributed by atoms with Gasteiger partial charge in [-0.25, -0.2) is 0 Å². The number of nitrogens with zero attached hydrogens (tertiary/aromatic N) is 1. The molecule has 0 bridgehead atoms. The van der Waals surface area contributed by atoms with Crippen LogP contribution in [0.5, 0.6) is 0 Å². The van der Waals surface area contributed by atoms with Crippen molar-refractivity contribution < 1.29 is 14.3 Å². The van der Waals surface area contributed by atoms with E-state index in [0.29, 0.717) is 38.5 Å². The summed E-state index contributed by atoms with van der Waals surface area (Å²) in [5.41, 5.74) is 0. The molecule has 2 unspecified atom stereocenters. The third-order valence-electron chi connectivity index (χ3n) is 4.49. The van der Waals surface area contributed by atoms with Gasteiger partial charge in [0.1, 0.15) is 6.04 Å². The standard InChI is InChI=1S/C18H28N2O3/c1-3-5-11-23-12-7-9-17(21)20-10-6-8-16(20)18(22)19-15-13-14(15)4-2/h3-4,14-16H,1-2,5-13H2,(H,19,22)/t14-,15?,16?/m1/s1. The maximum absolute atomic E-state index is 12.3. The molecule has 23 heavy (non-hydrogen) atoms. The molecule has 0 aromatic carbocycles. The van der Waals surface area contributed by atoms with Gasteiger partial charge in [-0.2, -0.15) is 0 Å². The first kappa shape index (κ1) is 17.7. The molecule has 0 radical (unpaired) electrons. The van der Waals surface area contributed by atoms with Crippen LogP contribution in [0.1, 0.15) is 38.5 Å². The number of likely N-dealkylation sites (tertiary alicyclic amines) is 1. The first-order chi connectivity index (χ1) is 11.2. The van der Waals surface area contributed by atoms with Gasteiger partial charge in [0.15, 0.2) is 0 Å². The van der Waals surface area contributed by atoms with Gasteiger partial charge >= 0.3 is 0 Å². The number of hydrogen-bond donors (Lipinski definition) is 1. The van der Waals surface area contributed by atoms with Gasteiger partial charge < -0.3 is 15.0 Å². The van der Waals surface area contributed by atoms with Crippen LogP contribution in [0, 0.1) is 5.92 Å². The fourth-order valence-corrected chi connectivity index (χ4v) is 3.00. The van der Waals surface area contributed by atoms with E-state index in [2.05, 4.69) is 18.5 Å². The highest BCUT2D eigenvalue weighted by molar-refractivity contribution is 5.88. The molecule has 2 rings (SSSR count). The molecule has 0 spiro atoms. The molecule has 1 saturated carbocycles. The zero-order valence-electron chi connectivity index (χ0n) is 13.8. The Bertz CT molecular complexity index is 450. The summed E-state index contributed by atoms with van der Waals surface area (Å²) in [5, 5.41) is 3.03. The van der Waals surface area contributed by atoms with E-state index in [-0.39, 0.29) is 23.9 Å². The Kier molecular flexibility index (Phi) is 6.84. The molecule has 1 heterocycles. The third-order valence-corrected chi connectivity index (χ3v) is 4.49. The van der Waals surface area contributed by atoms with Crippen LogP contribution < -0.4 is 5.32 Å². The van der Waals surface area contributed by atoms with Crippen molar-refractivity contribution in [3.05, 3.63) is 25.3 Å². The second-order valence-corrected chi connectivity index (χ2v) is 6.29. The Morgan fingerprint density at radius 1 is 1.30 bits per heavy atom. The molecule has 0 aromatic heterocycles. The molecular weight excluding hydrogens is 292 g/mol. The van der Waals surface area contributed by atoms with E-state index < -0.39 is 0 Å². The molecule has 2 fully saturated rings. The van der Waals surface area contributed by atoms with E-state index >= 15 is 0 Å². The summed E-state index contributed by atoms with van der Waals surface area (Å²) in [6, 6.07) is -0.0777. The molecular formula is C18H28N2O3. The average Bonchev–Trinajstić information content (AvgIpc) is 3.10. The Morgan fingerprint density at radius 3 is 2.83 bits per heavy atom. The lowest BCUT2D eigenvalue weighted by Crippen LogP contribution is -2.46. The van der Waals surface area contributed by atoms with Crippen molar-refractivity contribution in [1.29, 1.82) is 0 Å². The molecule has 2 amide bonds. The lowest BCUT2D eigenvalue weighted by atomic mass is 10.2. The van der Waals surface area contributed by atoms with Crippen molar-refractivity contribution in [3.63, 3.8) is 0 Å². The van der Waals surface area contributed by atoms with Gasteiger partial charge in [0.05, 0.1) is 0 Å². The smallest absolute Gasteiger partial charge is 0.243 e. The molecule has 1 saturated heterocycles.